The minimum absolute atomic E-state index is 0.203. The van der Waals surface area contributed by atoms with Gasteiger partial charge in [-0.15, -0.1) is 0 Å². The van der Waals surface area contributed by atoms with E-state index in [2.05, 4.69) is 30.0 Å². The van der Waals surface area contributed by atoms with Gasteiger partial charge in [-0.2, -0.15) is 0 Å². The molecule has 6 nitrogen and oxygen atoms in total. The predicted octanol–water partition coefficient (Wildman–Crippen LogP) is 5.69. The quantitative estimate of drug-likeness (QED) is 0.316. The van der Waals surface area contributed by atoms with Crippen LogP contribution in [0.5, 0.6) is 5.75 Å². The average Bonchev–Trinajstić information content (AvgIpc) is 3.31. The first-order valence-corrected chi connectivity index (χ1v) is 13.8. The SMILES string of the molecule is CCOC(=O)CCc1c(OC)cccc1[C@@H](CC)OC[C@H](O)CN1CCC[C@H]1Cc1ccc(C)c(Cl)c1. The van der Waals surface area contributed by atoms with Crippen LogP contribution in [0.25, 0.3) is 0 Å². The van der Waals surface area contributed by atoms with Crippen LogP contribution in [0, 0.1) is 6.92 Å². The Morgan fingerprint density at radius 2 is 2.05 bits per heavy atom. The highest BCUT2D eigenvalue weighted by Gasteiger charge is 2.27. The molecular formula is C30H42ClNO5. The molecule has 37 heavy (non-hydrogen) atoms. The summed E-state index contributed by atoms with van der Waals surface area (Å²) in [6.07, 6.45) is 3.91. The predicted molar refractivity (Wildman–Crippen MR) is 147 cm³/mol. The summed E-state index contributed by atoms with van der Waals surface area (Å²) in [6, 6.07) is 12.5. The molecule has 1 heterocycles. The maximum Gasteiger partial charge on any atom is 0.306 e. The lowest BCUT2D eigenvalue weighted by molar-refractivity contribution is -0.143. The molecule has 1 aliphatic heterocycles. The maximum absolute atomic E-state index is 12.0. The van der Waals surface area contributed by atoms with Gasteiger partial charge in [0.25, 0.3) is 0 Å². The third-order valence-electron chi connectivity index (χ3n) is 7.13. The van der Waals surface area contributed by atoms with Gasteiger partial charge in [-0.25, -0.2) is 0 Å². The Morgan fingerprint density at radius 1 is 1.24 bits per heavy atom. The van der Waals surface area contributed by atoms with Crippen molar-refractivity contribution in [3.63, 3.8) is 0 Å². The summed E-state index contributed by atoms with van der Waals surface area (Å²) in [5.41, 5.74) is 4.27. The van der Waals surface area contributed by atoms with Crippen molar-refractivity contribution in [2.75, 3.05) is 33.4 Å². The minimum Gasteiger partial charge on any atom is -0.496 e. The van der Waals surface area contributed by atoms with Crippen LogP contribution in [0.3, 0.4) is 0 Å². The minimum atomic E-state index is -0.593. The Hall–Kier alpha value is -2.12. The molecule has 1 aliphatic rings. The Balaban J connectivity index is 1.60. The van der Waals surface area contributed by atoms with E-state index in [1.54, 1.807) is 14.0 Å². The van der Waals surface area contributed by atoms with E-state index in [1.807, 2.05) is 25.1 Å². The number of hydrogen-bond acceptors (Lipinski definition) is 6. The van der Waals surface area contributed by atoms with Crippen molar-refractivity contribution in [1.29, 1.82) is 0 Å². The van der Waals surface area contributed by atoms with Gasteiger partial charge in [-0.3, -0.25) is 9.69 Å². The summed E-state index contributed by atoms with van der Waals surface area (Å²) in [4.78, 5) is 14.4. The van der Waals surface area contributed by atoms with Gasteiger partial charge in [0.15, 0.2) is 0 Å². The number of likely N-dealkylation sites (tertiary alicyclic amines) is 1. The van der Waals surface area contributed by atoms with Crippen LogP contribution in [0.2, 0.25) is 5.02 Å². The second kappa shape index (κ2) is 14.7. The van der Waals surface area contributed by atoms with E-state index in [0.29, 0.717) is 25.6 Å². The van der Waals surface area contributed by atoms with E-state index in [0.717, 1.165) is 59.7 Å². The number of β-amino-alcohol motifs (C(OH)–C–C–N with tert-alkyl or cyclic N) is 1. The first-order chi connectivity index (χ1) is 17.9. The Morgan fingerprint density at radius 3 is 2.76 bits per heavy atom. The number of hydrogen-bond donors (Lipinski definition) is 1. The van der Waals surface area contributed by atoms with E-state index in [1.165, 1.54) is 5.56 Å². The number of ether oxygens (including phenoxy) is 3. The zero-order valence-electron chi connectivity index (χ0n) is 22.7. The number of halogens is 1. The highest BCUT2D eigenvalue weighted by molar-refractivity contribution is 6.31. The summed E-state index contributed by atoms with van der Waals surface area (Å²) in [7, 11) is 1.63. The van der Waals surface area contributed by atoms with Gasteiger partial charge in [0.2, 0.25) is 0 Å². The number of nitrogens with zero attached hydrogens (tertiary/aromatic N) is 1. The molecule has 0 unspecified atom stereocenters. The van der Waals surface area contributed by atoms with Crippen LogP contribution in [-0.2, 0) is 27.1 Å². The van der Waals surface area contributed by atoms with Crippen LogP contribution < -0.4 is 4.74 Å². The lowest BCUT2D eigenvalue weighted by Crippen LogP contribution is -2.39. The molecule has 1 fully saturated rings. The summed E-state index contributed by atoms with van der Waals surface area (Å²) >= 11 is 6.33. The number of benzene rings is 2. The van der Waals surface area contributed by atoms with Crippen molar-refractivity contribution in [2.45, 2.75) is 77.5 Å². The van der Waals surface area contributed by atoms with E-state index in [9.17, 15) is 9.90 Å². The van der Waals surface area contributed by atoms with Crippen molar-refractivity contribution < 1.29 is 24.1 Å². The van der Waals surface area contributed by atoms with Gasteiger partial charge in [0.05, 0.1) is 32.5 Å². The highest BCUT2D eigenvalue weighted by Crippen LogP contribution is 2.32. The van der Waals surface area contributed by atoms with Gasteiger partial charge in [0.1, 0.15) is 5.75 Å². The third kappa shape index (κ3) is 8.44. The highest BCUT2D eigenvalue weighted by atomic mass is 35.5. The van der Waals surface area contributed by atoms with E-state index in [4.69, 9.17) is 25.8 Å². The first-order valence-electron chi connectivity index (χ1n) is 13.5. The van der Waals surface area contributed by atoms with Crippen LogP contribution in [0.4, 0.5) is 0 Å². The van der Waals surface area contributed by atoms with Crippen LogP contribution in [-0.4, -0.2) is 61.5 Å². The van der Waals surface area contributed by atoms with Crippen molar-refractivity contribution in [2.24, 2.45) is 0 Å². The van der Waals surface area contributed by atoms with Crippen molar-refractivity contribution in [3.05, 3.63) is 63.7 Å². The number of methoxy groups -OCH3 is 1. The van der Waals surface area contributed by atoms with Gasteiger partial charge < -0.3 is 19.3 Å². The number of aryl methyl sites for hydroxylation is 1. The molecule has 2 aromatic rings. The molecule has 3 atom stereocenters. The normalized spacial score (nSPS) is 17.5. The molecule has 0 aliphatic carbocycles. The number of carbonyl (C=O) groups is 1. The largest absolute Gasteiger partial charge is 0.496 e. The van der Waals surface area contributed by atoms with Crippen molar-refractivity contribution >= 4 is 17.6 Å². The molecule has 0 spiro atoms. The van der Waals surface area contributed by atoms with Crippen LogP contribution in [0.15, 0.2) is 36.4 Å². The summed E-state index contributed by atoms with van der Waals surface area (Å²) in [5.74, 6) is 0.511. The summed E-state index contributed by atoms with van der Waals surface area (Å²) in [6.45, 7) is 8.05. The Bertz CT molecular complexity index is 1010. The topological polar surface area (TPSA) is 68.2 Å². The zero-order chi connectivity index (χ0) is 26.8. The Kier molecular flexibility index (Phi) is 11.7. The number of carbonyl (C=O) groups excluding carboxylic acids is 1. The molecule has 0 saturated carbocycles. The molecule has 0 radical (unpaired) electrons. The second-order valence-electron chi connectivity index (χ2n) is 9.80. The van der Waals surface area contributed by atoms with Gasteiger partial charge in [-0.05, 0) is 81.3 Å². The molecule has 3 rings (SSSR count). The van der Waals surface area contributed by atoms with Gasteiger partial charge >= 0.3 is 5.97 Å². The number of aliphatic hydroxyl groups excluding tert-OH is 1. The molecule has 0 bridgehead atoms. The molecule has 2 aromatic carbocycles. The first kappa shape index (κ1) is 29.4. The van der Waals surface area contributed by atoms with Gasteiger partial charge in [-0.1, -0.05) is 42.8 Å². The van der Waals surface area contributed by atoms with E-state index < -0.39 is 6.10 Å². The Labute approximate surface area is 226 Å². The smallest absolute Gasteiger partial charge is 0.306 e. The summed E-state index contributed by atoms with van der Waals surface area (Å²) in [5, 5.41) is 11.7. The number of rotatable bonds is 14. The van der Waals surface area contributed by atoms with Crippen molar-refractivity contribution in [1.82, 2.24) is 4.90 Å². The number of aliphatic hydroxyl groups is 1. The van der Waals surface area contributed by atoms with E-state index >= 15 is 0 Å². The van der Waals surface area contributed by atoms with Crippen LogP contribution >= 0.6 is 11.6 Å². The lowest BCUT2D eigenvalue weighted by Gasteiger charge is -2.28. The third-order valence-corrected chi connectivity index (χ3v) is 7.54. The fourth-order valence-corrected chi connectivity index (χ4v) is 5.39. The lowest BCUT2D eigenvalue weighted by atomic mass is 9.96. The molecule has 7 heteroatoms. The molecule has 1 N–H and O–H groups in total. The molecule has 0 aromatic heterocycles. The average molecular weight is 532 g/mol. The summed E-state index contributed by atoms with van der Waals surface area (Å²) < 4.78 is 17.0. The fraction of sp³-hybridized carbons (Fsp3) is 0.567. The van der Waals surface area contributed by atoms with Crippen LogP contribution in [0.1, 0.15) is 67.9 Å². The maximum atomic E-state index is 12.0. The van der Waals surface area contributed by atoms with E-state index in [-0.39, 0.29) is 25.1 Å². The molecule has 0 amide bonds. The molecule has 204 valence electrons. The fourth-order valence-electron chi connectivity index (χ4n) is 5.18. The molecule has 1 saturated heterocycles. The second-order valence-corrected chi connectivity index (χ2v) is 10.2. The standard InChI is InChI=1S/C30H42ClNO5/c1-5-28(25-10-7-11-29(35-4)26(25)14-15-30(34)36-6-2)37-20-24(33)19-32-16-8-9-23(32)17-22-13-12-21(3)27(31)18-22/h7,10-13,18,23-24,28,33H,5-6,8-9,14-17,19-20H2,1-4H3/t23-,24+,28+/m0/s1. The van der Waals surface area contributed by atoms with Crippen molar-refractivity contribution in [3.8, 4) is 5.75 Å². The molecular weight excluding hydrogens is 490 g/mol. The van der Waals surface area contributed by atoms with Gasteiger partial charge in [0, 0.05) is 29.6 Å². The number of esters is 1. The monoisotopic (exact) mass is 531 g/mol. The zero-order valence-corrected chi connectivity index (χ0v) is 23.4.